The molecule has 1 aliphatic carbocycles. The van der Waals surface area contributed by atoms with Gasteiger partial charge >= 0.3 is 5.97 Å². The van der Waals surface area contributed by atoms with Crippen molar-refractivity contribution in [1.29, 1.82) is 0 Å². The van der Waals surface area contributed by atoms with Crippen LogP contribution in [0.2, 0.25) is 0 Å². The Morgan fingerprint density at radius 3 is 2.56 bits per heavy atom. The predicted octanol–water partition coefficient (Wildman–Crippen LogP) is 1.24. The van der Waals surface area contributed by atoms with Crippen LogP contribution < -0.4 is 5.32 Å². The quantitative estimate of drug-likeness (QED) is 0.850. The normalized spacial score (nSPS) is 16.1. The second-order valence-electron chi connectivity index (χ2n) is 4.35. The summed E-state index contributed by atoms with van der Waals surface area (Å²) in [5.41, 5.74) is -1.30. The molecule has 2 rings (SSSR count). The van der Waals surface area contributed by atoms with E-state index in [2.05, 4.69) is 5.32 Å². The molecule has 0 bridgehead atoms. The average molecular weight is 255 g/mol. The molecule has 96 valence electrons. The van der Waals surface area contributed by atoms with Crippen molar-refractivity contribution in [2.24, 2.45) is 0 Å². The van der Waals surface area contributed by atoms with E-state index in [4.69, 9.17) is 5.11 Å². The van der Waals surface area contributed by atoms with Gasteiger partial charge in [0.2, 0.25) is 5.91 Å². The number of carboxylic acid groups (broad SMARTS) is 1. The maximum Gasteiger partial charge on any atom is 0.329 e. The summed E-state index contributed by atoms with van der Waals surface area (Å²) in [6.07, 6.45) is 0.345. The number of nitrogens with one attached hydrogen (secondary N) is 1. The number of carbonyl (C=O) groups excluding carboxylic acids is 1. The van der Waals surface area contributed by atoms with Crippen molar-refractivity contribution in [1.82, 2.24) is 5.32 Å². The van der Waals surface area contributed by atoms with Crippen LogP contribution in [0.15, 0.2) is 18.2 Å². The summed E-state index contributed by atoms with van der Waals surface area (Å²) in [6.45, 7) is 0. The summed E-state index contributed by atoms with van der Waals surface area (Å²) in [5.74, 6) is -3.06. The highest BCUT2D eigenvalue weighted by Crippen LogP contribution is 2.35. The number of carbonyl (C=O) groups is 2. The molecule has 6 heteroatoms. The third-order valence-corrected chi connectivity index (χ3v) is 2.90. The Bertz CT molecular complexity index is 512. The Balaban J connectivity index is 2.04. The molecule has 0 radical (unpaired) electrons. The van der Waals surface area contributed by atoms with Gasteiger partial charge in [-0.2, -0.15) is 0 Å². The summed E-state index contributed by atoms with van der Waals surface area (Å²) in [5, 5.41) is 11.2. The van der Waals surface area contributed by atoms with E-state index < -0.39 is 29.0 Å². The van der Waals surface area contributed by atoms with E-state index in [-0.39, 0.29) is 12.0 Å². The fourth-order valence-corrected chi connectivity index (χ4v) is 1.68. The molecule has 0 spiro atoms. The monoisotopic (exact) mass is 255 g/mol. The molecule has 4 nitrogen and oxygen atoms in total. The van der Waals surface area contributed by atoms with E-state index >= 15 is 0 Å². The highest BCUT2D eigenvalue weighted by Gasteiger charge is 2.51. The summed E-state index contributed by atoms with van der Waals surface area (Å²) in [4.78, 5) is 22.4. The highest BCUT2D eigenvalue weighted by atomic mass is 19.1. The Labute approximate surface area is 102 Å². The number of benzene rings is 1. The third kappa shape index (κ3) is 2.47. The number of amides is 1. The lowest BCUT2D eigenvalue weighted by molar-refractivity contribution is -0.143. The minimum atomic E-state index is -1.21. The first-order valence-electron chi connectivity index (χ1n) is 5.41. The molecule has 1 fully saturated rings. The number of aliphatic carboxylic acids is 1. The van der Waals surface area contributed by atoms with Gasteiger partial charge in [0.1, 0.15) is 17.2 Å². The summed E-state index contributed by atoms with van der Waals surface area (Å²) in [6, 6.07) is 2.81. The first kappa shape index (κ1) is 12.5. The molecule has 0 aliphatic heterocycles. The second-order valence-corrected chi connectivity index (χ2v) is 4.35. The van der Waals surface area contributed by atoms with Crippen molar-refractivity contribution >= 4 is 11.9 Å². The Morgan fingerprint density at radius 1 is 1.33 bits per heavy atom. The van der Waals surface area contributed by atoms with Crippen LogP contribution in [0.4, 0.5) is 8.78 Å². The van der Waals surface area contributed by atoms with Crippen molar-refractivity contribution < 1.29 is 23.5 Å². The van der Waals surface area contributed by atoms with Crippen LogP contribution in [0.25, 0.3) is 0 Å². The molecule has 0 atom stereocenters. The molecular formula is C12H11F2NO3. The van der Waals surface area contributed by atoms with Gasteiger partial charge in [-0.05, 0) is 31.0 Å². The molecule has 1 aliphatic rings. The molecular weight excluding hydrogens is 244 g/mol. The zero-order valence-electron chi connectivity index (χ0n) is 9.37. The van der Waals surface area contributed by atoms with E-state index in [9.17, 15) is 18.4 Å². The van der Waals surface area contributed by atoms with E-state index in [1.165, 1.54) is 0 Å². The van der Waals surface area contributed by atoms with Gasteiger partial charge in [0, 0.05) is 5.56 Å². The van der Waals surface area contributed by atoms with Crippen molar-refractivity contribution in [3.8, 4) is 0 Å². The van der Waals surface area contributed by atoms with Gasteiger partial charge < -0.3 is 10.4 Å². The minimum absolute atomic E-state index is 0.0892. The molecule has 0 saturated heterocycles. The van der Waals surface area contributed by atoms with Crippen molar-refractivity contribution in [3.05, 3.63) is 35.4 Å². The summed E-state index contributed by atoms with van der Waals surface area (Å²) >= 11 is 0. The SMILES string of the molecule is O=C(Cc1cc(F)ccc1F)NC1(C(=O)O)CC1. The molecule has 0 aromatic heterocycles. The number of hydrogen-bond donors (Lipinski definition) is 2. The van der Waals surface area contributed by atoms with Gasteiger partial charge in [-0.15, -0.1) is 0 Å². The molecule has 1 aromatic carbocycles. The van der Waals surface area contributed by atoms with Gasteiger partial charge in [0.05, 0.1) is 6.42 Å². The number of halogens is 2. The number of hydrogen-bond acceptors (Lipinski definition) is 2. The summed E-state index contributed by atoms with van der Waals surface area (Å²) < 4.78 is 26.2. The van der Waals surface area contributed by atoms with Crippen LogP contribution in [0, 0.1) is 11.6 Å². The first-order chi connectivity index (χ1) is 8.43. The van der Waals surface area contributed by atoms with Crippen LogP contribution in [0.1, 0.15) is 18.4 Å². The molecule has 2 N–H and O–H groups in total. The Kier molecular flexibility index (Phi) is 3.02. The van der Waals surface area contributed by atoms with Crippen LogP contribution in [0.5, 0.6) is 0 Å². The number of carboxylic acids is 1. The van der Waals surface area contributed by atoms with Gasteiger partial charge in [0.25, 0.3) is 0 Å². The standard InChI is InChI=1S/C12H11F2NO3/c13-8-1-2-9(14)7(5-8)6-10(16)15-12(3-4-12)11(17)18/h1-2,5H,3-4,6H2,(H,15,16)(H,17,18). The fourth-order valence-electron chi connectivity index (χ4n) is 1.68. The molecule has 1 saturated carbocycles. The largest absolute Gasteiger partial charge is 0.480 e. The third-order valence-electron chi connectivity index (χ3n) is 2.90. The van der Waals surface area contributed by atoms with Crippen molar-refractivity contribution in [2.45, 2.75) is 24.8 Å². The smallest absolute Gasteiger partial charge is 0.329 e. The summed E-state index contributed by atoms with van der Waals surface area (Å²) in [7, 11) is 0. The lowest BCUT2D eigenvalue weighted by atomic mass is 10.1. The zero-order chi connectivity index (χ0) is 13.3. The lowest BCUT2D eigenvalue weighted by Crippen LogP contribution is -2.43. The van der Waals surface area contributed by atoms with E-state index in [1.54, 1.807) is 0 Å². The van der Waals surface area contributed by atoms with Gasteiger partial charge in [-0.1, -0.05) is 0 Å². The minimum Gasteiger partial charge on any atom is -0.480 e. The number of rotatable bonds is 4. The van der Waals surface area contributed by atoms with E-state index in [1.807, 2.05) is 0 Å². The van der Waals surface area contributed by atoms with Crippen LogP contribution in [-0.4, -0.2) is 22.5 Å². The molecule has 0 heterocycles. The topological polar surface area (TPSA) is 66.4 Å². The van der Waals surface area contributed by atoms with Gasteiger partial charge in [-0.25, -0.2) is 13.6 Å². The van der Waals surface area contributed by atoms with Crippen molar-refractivity contribution in [3.63, 3.8) is 0 Å². The predicted molar refractivity (Wildman–Crippen MR) is 57.8 cm³/mol. The van der Waals surface area contributed by atoms with E-state index in [0.29, 0.717) is 12.8 Å². The van der Waals surface area contributed by atoms with Gasteiger partial charge in [-0.3, -0.25) is 4.79 Å². The first-order valence-corrected chi connectivity index (χ1v) is 5.41. The molecule has 1 amide bonds. The van der Waals surface area contributed by atoms with Gasteiger partial charge in [0.15, 0.2) is 0 Å². The molecule has 1 aromatic rings. The van der Waals surface area contributed by atoms with Crippen LogP contribution in [-0.2, 0) is 16.0 Å². The average Bonchev–Trinajstić information content (AvgIpc) is 3.04. The van der Waals surface area contributed by atoms with Crippen LogP contribution in [0.3, 0.4) is 0 Å². The highest BCUT2D eigenvalue weighted by molar-refractivity contribution is 5.90. The van der Waals surface area contributed by atoms with E-state index in [0.717, 1.165) is 18.2 Å². The lowest BCUT2D eigenvalue weighted by Gasteiger charge is -2.12. The Morgan fingerprint density at radius 2 is 2.00 bits per heavy atom. The maximum absolute atomic E-state index is 13.3. The molecule has 0 unspecified atom stereocenters. The zero-order valence-corrected chi connectivity index (χ0v) is 9.37. The second kappa shape index (κ2) is 4.36. The van der Waals surface area contributed by atoms with Crippen molar-refractivity contribution in [2.75, 3.05) is 0 Å². The van der Waals surface area contributed by atoms with Crippen LogP contribution >= 0.6 is 0 Å². The molecule has 18 heavy (non-hydrogen) atoms. The fraction of sp³-hybridized carbons (Fsp3) is 0.333. The maximum atomic E-state index is 13.3. The Hall–Kier alpha value is -1.98.